The van der Waals surface area contributed by atoms with Crippen LogP contribution in [0.5, 0.6) is 11.5 Å². The van der Waals surface area contributed by atoms with Gasteiger partial charge >= 0.3 is 5.97 Å². The van der Waals surface area contributed by atoms with Crippen molar-refractivity contribution in [2.24, 2.45) is 4.99 Å². The van der Waals surface area contributed by atoms with E-state index in [1.54, 1.807) is 44.4 Å². The third kappa shape index (κ3) is 5.46. The van der Waals surface area contributed by atoms with E-state index in [-0.39, 0.29) is 33.6 Å². The van der Waals surface area contributed by atoms with Crippen LogP contribution in [0.3, 0.4) is 0 Å². The predicted octanol–water partition coefficient (Wildman–Crippen LogP) is 5.76. The third-order valence-corrected chi connectivity index (χ3v) is 6.17. The van der Waals surface area contributed by atoms with E-state index in [9.17, 15) is 14.7 Å². The van der Waals surface area contributed by atoms with Crippen LogP contribution in [0.15, 0.2) is 57.6 Å². The average Bonchev–Trinajstić information content (AvgIpc) is 3.10. The maximum atomic E-state index is 12.8. The second-order valence-corrected chi connectivity index (χ2v) is 8.49. The maximum Gasteiger partial charge on any atom is 0.344 e. The molecule has 1 aliphatic rings. The number of amides is 1. The van der Waals surface area contributed by atoms with Crippen LogP contribution in [0.2, 0.25) is 5.02 Å². The molecule has 1 amide bonds. The molecule has 0 spiro atoms. The molecule has 0 saturated carbocycles. The summed E-state index contributed by atoms with van der Waals surface area (Å²) in [6.45, 7) is 5.94. The number of thioether (sulfide) groups is 1. The predicted molar refractivity (Wildman–Crippen MR) is 134 cm³/mol. The number of carbonyl (C=O) groups excluding carboxylic acids is 2. The van der Waals surface area contributed by atoms with Crippen molar-refractivity contribution >= 4 is 46.4 Å². The zero-order chi connectivity index (χ0) is 24.8. The van der Waals surface area contributed by atoms with Gasteiger partial charge in [-0.25, -0.2) is 9.79 Å². The first-order chi connectivity index (χ1) is 16.3. The molecular formula is C25H24ClNO6S. The fourth-order valence-electron chi connectivity index (χ4n) is 3.18. The number of carbonyl (C=O) groups is 2. The smallest absolute Gasteiger partial charge is 0.344 e. The number of aliphatic hydroxyl groups is 1. The van der Waals surface area contributed by atoms with Crippen LogP contribution in [0.25, 0.3) is 6.08 Å². The normalized spacial score (nSPS) is 15.7. The van der Waals surface area contributed by atoms with E-state index < -0.39 is 11.9 Å². The van der Waals surface area contributed by atoms with E-state index in [0.717, 1.165) is 22.9 Å². The fraction of sp³-hybridized carbons (Fsp3) is 0.240. The van der Waals surface area contributed by atoms with Crippen molar-refractivity contribution in [2.75, 3.05) is 20.3 Å². The lowest BCUT2D eigenvalue weighted by Gasteiger charge is -2.12. The quantitative estimate of drug-likeness (QED) is 0.482. The van der Waals surface area contributed by atoms with E-state index in [1.165, 1.54) is 6.07 Å². The molecule has 1 aliphatic heterocycles. The Morgan fingerprint density at radius 1 is 1.15 bits per heavy atom. The Hall–Kier alpha value is -3.23. The highest BCUT2D eigenvalue weighted by molar-refractivity contribution is 8.18. The zero-order valence-corrected chi connectivity index (χ0v) is 20.7. The molecule has 3 rings (SSSR count). The van der Waals surface area contributed by atoms with Gasteiger partial charge in [-0.3, -0.25) is 4.79 Å². The molecule has 0 unspecified atom stereocenters. The molecule has 7 nitrogen and oxygen atoms in total. The second-order valence-electron chi connectivity index (χ2n) is 7.05. The van der Waals surface area contributed by atoms with Gasteiger partial charge in [0.05, 0.1) is 35.8 Å². The highest BCUT2D eigenvalue weighted by Crippen LogP contribution is 2.41. The van der Waals surface area contributed by atoms with Gasteiger partial charge in [0.1, 0.15) is 16.4 Å². The first-order valence-electron chi connectivity index (χ1n) is 10.5. The second kappa shape index (κ2) is 11.3. The summed E-state index contributed by atoms with van der Waals surface area (Å²) in [7, 11) is 1.56. The molecule has 1 N–H and O–H groups in total. The Kier molecular flexibility index (Phi) is 8.41. The van der Waals surface area contributed by atoms with Crippen LogP contribution in [0.4, 0.5) is 0 Å². The molecular weight excluding hydrogens is 478 g/mol. The molecule has 9 heteroatoms. The Morgan fingerprint density at radius 3 is 2.53 bits per heavy atom. The zero-order valence-electron chi connectivity index (χ0n) is 19.2. The lowest BCUT2D eigenvalue weighted by molar-refractivity contribution is -0.138. The van der Waals surface area contributed by atoms with Crippen molar-refractivity contribution in [3.63, 3.8) is 0 Å². The van der Waals surface area contributed by atoms with Gasteiger partial charge in [-0.1, -0.05) is 35.5 Å². The number of rotatable bonds is 7. The molecule has 2 aromatic rings. The summed E-state index contributed by atoms with van der Waals surface area (Å²) in [6.07, 6.45) is 1.69. The molecule has 0 atom stereocenters. The number of aliphatic imine (C=N–C) groups is 1. The van der Waals surface area contributed by atoms with Crippen LogP contribution in [0.1, 0.15) is 35.3 Å². The molecule has 0 aliphatic carbocycles. The Balaban J connectivity index is 2.08. The van der Waals surface area contributed by atoms with Gasteiger partial charge in [0.2, 0.25) is 0 Å². The SMILES string of the molecule is CCOC(=O)C1=C(O)/C(=C/c2cc(OCC)c(OC)cc2C)SC1=NC(=O)c1ccccc1Cl. The van der Waals surface area contributed by atoms with E-state index >= 15 is 0 Å². The molecule has 0 saturated heterocycles. The Bertz CT molecular complexity index is 1220. The van der Waals surface area contributed by atoms with E-state index in [1.807, 2.05) is 19.9 Å². The number of hydrogen-bond donors (Lipinski definition) is 1. The summed E-state index contributed by atoms with van der Waals surface area (Å²) in [5.41, 5.74) is 1.61. The number of nitrogens with zero attached hydrogens (tertiary/aromatic N) is 1. The molecule has 0 aromatic heterocycles. The lowest BCUT2D eigenvalue weighted by atomic mass is 10.1. The molecule has 0 bridgehead atoms. The number of halogens is 1. The lowest BCUT2D eigenvalue weighted by Crippen LogP contribution is -2.14. The monoisotopic (exact) mass is 501 g/mol. The summed E-state index contributed by atoms with van der Waals surface area (Å²) in [4.78, 5) is 29.8. The van der Waals surface area contributed by atoms with Gasteiger partial charge in [-0.2, -0.15) is 0 Å². The number of hydrogen-bond acceptors (Lipinski definition) is 7. The average molecular weight is 502 g/mol. The topological polar surface area (TPSA) is 94.4 Å². The minimum absolute atomic E-state index is 0.0308. The number of methoxy groups -OCH3 is 1. The van der Waals surface area contributed by atoms with Crippen molar-refractivity contribution in [2.45, 2.75) is 20.8 Å². The number of aryl methyl sites for hydroxylation is 1. The van der Waals surface area contributed by atoms with Crippen LogP contribution in [-0.2, 0) is 9.53 Å². The Labute approximate surface area is 207 Å². The maximum absolute atomic E-state index is 12.8. The van der Waals surface area contributed by atoms with Crippen molar-refractivity contribution < 1.29 is 28.9 Å². The highest BCUT2D eigenvalue weighted by atomic mass is 35.5. The largest absolute Gasteiger partial charge is 0.506 e. The standard InChI is InChI=1S/C25H24ClNO6S/c1-5-32-19-12-15(14(3)11-18(19)31-4)13-20-22(28)21(25(30)33-6-2)24(34-20)27-23(29)16-9-7-8-10-17(16)26/h7-13,28H,5-6H2,1-4H3/b20-13-,27-24?. The first-order valence-corrected chi connectivity index (χ1v) is 11.7. The van der Waals surface area contributed by atoms with Crippen molar-refractivity contribution in [3.05, 3.63) is 74.3 Å². The number of ether oxygens (including phenoxy) is 3. The third-order valence-electron chi connectivity index (χ3n) is 4.82. The van der Waals surface area contributed by atoms with E-state index in [2.05, 4.69) is 4.99 Å². The van der Waals surface area contributed by atoms with Gasteiger partial charge in [-0.05, 0) is 62.2 Å². The summed E-state index contributed by atoms with van der Waals surface area (Å²) >= 11 is 7.11. The first kappa shape index (κ1) is 25.4. The molecule has 0 fully saturated rings. The minimum atomic E-state index is -0.775. The van der Waals surface area contributed by atoms with Crippen molar-refractivity contribution in [1.29, 1.82) is 0 Å². The van der Waals surface area contributed by atoms with Crippen LogP contribution >= 0.6 is 23.4 Å². The number of aliphatic hydroxyl groups excluding tert-OH is 1. The van der Waals surface area contributed by atoms with E-state index in [0.29, 0.717) is 23.0 Å². The Morgan fingerprint density at radius 2 is 1.88 bits per heavy atom. The van der Waals surface area contributed by atoms with Gasteiger partial charge in [0.15, 0.2) is 11.5 Å². The van der Waals surface area contributed by atoms with Crippen molar-refractivity contribution in [3.8, 4) is 11.5 Å². The molecule has 34 heavy (non-hydrogen) atoms. The summed E-state index contributed by atoms with van der Waals surface area (Å²) < 4.78 is 16.1. The van der Waals surface area contributed by atoms with Crippen molar-refractivity contribution in [1.82, 2.24) is 0 Å². The molecule has 0 radical (unpaired) electrons. The summed E-state index contributed by atoms with van der Waals surface area (Å²) in [5.74, 6) is -0.601. The highest BCUT2D eigenvalue weighted by Gasteiger charge is 2.34. The fourth-order valence-corrected chi connectivity index (χ4v) is 4.40. The number of benzene rings is 2. The molecule has 178 valence electrons. The van der Waals surface area contributed by atoms with E-state index in [4.69, 9.17) is 25.8 Å². The molecule has 1 heterocycles. The minimum Gasteiger partial charge on any atom is -0.506 e. The molecule has 2 aromatic carbocycles. The number of esters is 1. The van der Waals surface area contributed by atoms with Crippen LogP contribution < -0.4 is 9.47 Å². The summed E-state index contributed by atoms with van der Waals surface area (Å²) in [5, 5.41) is 11.2. The van der Waals surface area contributed by atoms with Gasteiger partial charge in [-0.15, -0.1) is 0 Å². The van der Waals surface area contributed by atoms with Gasteiger partial charge < -0.3 is 19.3 Å². The van der Waals surface area contributed by atoms with Gasteiger partial charge in [0, 0.05) is 0 Å². The van der Waals surface area contributed by atoms with Crippen LogP contribution in [0, 0.1) is 6.92 Å². The van der Waals surface area contributed by atoms with Gasteiger partial charge in [0.25, 0.3) is 5.91 Å². The van der Waals surface area contributed by atoms with Crippen LogP contribution in [-0.4, -0.2) is 42.4 Å². The summed E-state index contributed by atoms with van der Waals surface area (Å²) in [6, 6.07) is 10.1.